The molecule has 1 aromatic rings. The minimum atomic E-state index is -0.876. The van der Waals surface area contributed by atoms with Crippen molar-refractivity contribution in [1.82, 2.24) is 4.90 Å². The Morgan fingerprint density at radius 3 is 2.56 bits per heavy atom. The molecule has 1 fully saturated rings. The molecule has 1 aliphatic rings. The van der Waals surface area contributed by atoms with Gasteiger partial charge in [0, 0.05) is 19.2 Å². The zero-order valence-corrected chi connectivity index (χ0v) is 15.3. The summed E-state index contributed by atoms with van der Waals surface area (Å²) < 4.78 is 9.93. The van der Waals surface area contributed by atoms with Crippen molar-refractivity contribution in [3.8, 4) is 11.8 Å². The van der Waals surface area contributed by atoms with E-state index in [1.807, 2.05) is 0 Å². The van der Waals surface area contributed by atoms with Gasteiger partial charge in [-0.3, -0.25) is 14.9 Å². The summed E-state index contributed by atoms with van der Waals surface area (Å²) in [5.41, 5.74) is -1.18. The standard InChI is InChI=1S/C18H21N3O6/c1-20(18(12-19)8-4-3-5-9-18)16(22)11-27-15-10-13(17(23)26-2)6-7-14(15)21(24)25/h6-7,10H,3-5,8-9,11H2,1-2H3. The molecule has 0 unspecified atom stereocenters. The van der Waals surface area contributed by atoms with Crippen LogP contribution < -0.4 is 4.74 Å². The van der Waals surface area contributed by atoms with E-state index in [9.17, 15) is 25.0 Å². The first-order chi connectivity index (χ1) is 12.8. The van der Waals surface area contributed by atoms with Gasteiger partial charge in [0.1, 0.15) is 5.54 Å². The quantitative estimate of drug-likeness (QED) is 0.425. The normalized spacial score (nSPS) is 15.3. The van der Waals surface area contributed by atoms with Crippen LogP contribution in [0.25, 0.3) is 0 Å². The van der Waals surface area contributed by atoms with Crippen LogP contribution >= 0.6 is 0 Å². The maximum Gasteiger partial charge on any atom is 0.337 e. The molecule has 0 spiro atoms. The van der Waals surface area contributed by atoms with E-state index in [4.69, 9.17) is 4.74 Å². The number of likely N-dealkylation sites (N-methyl/N-ethyl adjacent to an activating group) is 1. The first-order valence-electron chi connectivity index (χ1n) is 8.52. The number of benzene rings is 1. The number of nitrogens with zero attached hydrogens (tertiary/aromatic N) is 3. The summed E-state index contributed by atoms with van der Waals surface area (Å²) in [4.78, 5) is 36.0. The Bertz CT molecular complexity index is 780. The topological polar surface area (TPSA) is 123 Å². The van der Waals surface area contributed by atoms with Crippen LogP contribution in [0.1, 0.15) is 42.5 Å². The molecule has 1 aliphatic carbocycles. The number of nitro groups is 1. The molecular weight excluding hydrogens is 354 g/mol. The number of rotatable bonds is 6. The van der Waals surface area contributed by atoms with Gasteiger partial charge in [0.25, 0.3) is 5.91 Å². The van der Waals surface area contributed by atoms with Crippen molar-refractivity contribution in [3.05, 3.63) is 33.9 Å². The van der Waals surface area contributed by atoms with Crippen molar-refractivity contribution in [1.29, 1.82) is 5.26 Å². The lowest BCUT2D eigenvalue weighted by Gasteiger charge is -2.38. The highest BCUT2D eigenvalue weighted by Crippen LogP contribution is 2.33. The molecule has 1 amide bonds. The van der Waals surface area contributed by atoms with Gasteiger partial charge in [-0.05, 0) is 18.9 Å². The van der Waals surface area contributed by atoms with Crippen LogP contribution in [0.5, 0.6) is 5.75 Å². The van der Waals surface area contributed by atoms with Crippen LogP contribution in [0.2, 0.25) is 0 Å². The molecule has 0 atom stereocenters. The molecule has 2 rings (SSSR count). The summed E-state index contributed by atoms with van der Waals surface area (Å²) in [7, 11) is 2.73. The van der Waals surface area contributed by atoms with Gasteiger partial charge >= 0.3 is 11.7 Å². The molecule has 0 heterocycles. The van der Waals surface area contributed by atoms with Crippen LogP contribution in [-0.4, -0.2) is 48.0 Å². The fourth-order valence-corrected chi connectivity index (χ4v) is 3.16. The van der Waals surface area contributed by atoms with E-state index in [2.05, 4.69) is 10.8 Å². The van der Waals surface area contributed by atoms with Gasteiger partial charge in [-0.2, -0.15) is 5.26 Å². The predicted molar refractivity (Wildman–Crippen MR) is 94.1 cm³/mol. The number of nitriles is 1. The van der Waals surface area contributed by atoms with E-state index in [0.29, 0.717) is 12.8 Å². The average Bonchev–Trinajstić information content (AvgIpc) is 2.70. The second kappa shape index (κ2) is 8.49. The van der Waals surface area contributed by atoms with E-state index in [0.717, 1.165) is 31.4 Å². The van der Waals surface area contributed by atoms with Crippen molar-refractivity contribution in [2.24, 2.45) is 0 Å². The second-order valence-corrected chi connectivity index (χ2v) is 6.38. The second-order valence-electron chi connectivity index (χ2n) is 6.38. The Balaban J connectivity index is 2.17. The molecule has 0 aromatic heterocycles. The maximum absolute atomic E-state index is 12.5. The fourth-order valence-electron chi connectivity index (χ4n) is 3.16. The van der Waals surface area contributed by atoms with E-state index in [1.54, 1.807) is 7.05 Å². The number of hydrogen-bond donors (Lipinski definition) is 0. The Labute approximate surface area is 156 Å². The highest BCUT2D eigenvalue weighted by Gasteiger charge is 2.39. The average molecular weight is 375 g/mol. The van der Waals surface area contributed by atoms with Crippen molar-refractivity contribution in [2.75, 3.05) is 20.8 Å². The van der Waals surface area contributed by atoms with Gasteiger partial charge in [-0.15, -0.1) is 0 Å². The molecule has 27 heavy (non-hydrogen) atoms. The largest absolute Gasteiger partial charge is 0.477 e. The Morgan fingerprint density at radius 1 is 1.33 bits per heavy atom. The summed E-state index contributed by atoms with van der Waals surface area (Å²) in [6.07, 6.45) is 3.92. The summed E-state index contributed by atoms with van der Waals surface area (Å²) in [5.74, 6) is -1.35. The Kier molecular flexibility index (Phi) is 6.34. The third kappa shape index (κ3) is 4.34. The van der Waals surface area contributed by atoms with Gasteiger partial charge in [-0.1, -0.05) is 19.3 Å². The molecule has 0 saturated heterocycles. The van der Waals surface area contributed by atoms with Crippen LogP contribution in [0.4, 0.5) is 5.69 Å². The number of carbonyl (C=O) groups excluding carboxylic acids is 2. The smallest absolute Gasteiger partial charge is 0.337 e. The zero-order valence-electron chi connectivity index (χ0n) is 15.3. The lowest BCUT2D eigenvalue weighted by atomic mass is 9.81. The van der Waals surface area contributed by atoms with Gasteiger partial charge in [0.05, 0.1) is 23.7 Å². The molecule has 0 aliphatic heterocycles. The van der Waals surface area contributed by atoms with E-state index >= 15 is 0 Å². The van der Waals surface area contributed by atoms with E-state index in [-0.39, 0.29) is 17.0 Å². The zero-order chi connectivity index (χ0) is 20.0. The lowest BCUT2D eigenvalue weighted by molar-refractivity contribution is -0.385. The van der Waals surface area contributed by atoms with Gasteiger partial charge in [-0.25, -0.2) is 4.79 Å². The number of amides is 1. The molecule has 9 heteroatoms. The molecule has 1 saturated carbocycles. The number of hydrogen-bond acceptors (Lipinski definition) is 7. The van der Waals surface area contributed by atoms with Crippen LogP contribution in [0.15, 0.2) is 18.2 Å². The van der Waals surface area contributed by atoms with Crippen molar-refractivity contribution >= 4 is 17.6 Å². The highest BCUT2D eigenvalue weighted by molar-refractivity contribution is 5.90. The molecule has 0 N–H and O–H groups in total. The SMILES string of the molecule is COC(=O)c1ccc([N+](=O)[O-])c(OCC(=O)N(C)C2(C#N)CCCCC2)c1. The van der Waals surface area contributed by atoms with Crippen LogP contribution in [-0.2, 0) is 9.53 Å². The summed E-state index contributed by atoms with van der Waals surface area (Å²) in [6, 6.07) is 5.77. The molecule has 144 valence electrons. The molecule has 9 nitrogen and oxygen atoms in total. The lowest BCUT2D eigenvalue weighted by Crippen LogP contribution is -2.51. The fraction of sp³-hybridized carbons (Fsp3) is 0.500. The number of esters is 1. The van der Waals surface area contributed by atoms with Gasteiger partial charge in [0.2, 0.25) is 0 Å². The highest BCUT2D eigenvalue weighted by atomic mass is 16.6. The predicted octanol–water partition coefficient (Wildman–Crippen LogP) is 2.45. The minimum Gasteiger partial charge on any atom is -0.477 e. The van der Waals surface area contributed by atoms with E-state index < -0.39 is 28.9 Å². The molecule has 0 bridgehead atoms. The summed E-state index contributed by atoms with van der Waals surface area (Å²) >= 11 is 0. The monoisotopic (exact) mass is 375 g/mol. The van der Waals surface area contributed by atoms with Crippen molar-refractivity contribution in [3.63, 3.8) is 0 Å². The van der Waals surface area contributed by atoms with Crippen molar-refractivity contribution < 1.29 is 24.0 Å². The van der Waals surface area contributed by atoms with Crippen molar-refractivity contribution in [2.45, 2.75) is 37.6 Å². The summed E-state index contributed by atoms with van der Waals surface area (Å²) in [5, 5.41) is 20.7. The minimum absolute atomic E-state index is 0.0691. The molecular formula is C18H21N3O6. The molecule has 1 aromatic carbocycles. The number of nitro benzene ring substituents is 1. The number of ether oxygens (including phenoxy) is 2. The van der Waals surface area contributed by atoms with E-state index in [1.165, 1.54) is 18.1 Å². The first-order valence-corrected chi connectivity index (χ1v) is 8.52. The third-order valence-corrected chi connectivity index (χ3v) is 4.83. The summed E-state index contributed by atoms with van der Waals surface area (Å²) in [6.45, 7) is -0.481. The maximum atomic E-state index is 12.5. The number of methoxy groups -OCH3 is 1. The third-order valence-electron chi connectivity index (χ3n) is 4.83. The molecule has 0 radical (unpaired) electrons. The Morgan fingerprint density at radius 2 is 2.00 bits per heavy atom. The van der Waals surface area contributed by atoms with Crippen LogP contribution in [0, 0.1) is 21.4 Å². The Hall–Kier alpha value is -3.15. The van der Waals surface area contributed by atoms with Gasteiger partial charge in [0.15, 0.2) is 12.4 Å². The number of carbonyl (C=O) groups is 2. The van der Waals surface area contributed by atoms with Gasteiger partial charge < -0.3 is 14.4 Å². The first kappa shape index (κ1) is 20.2. The van der Waals surface area contributed by atoms with Crippen LogP contribution in [0.3, 0.4) is 0 Å².